The number of aromatic nitrogens is 3. The Balaban J connectivity index is 2.21. The van der Waals surface area contributed by atoms with Gasteiger partial charge in [-0.05, 0) is 43.5 Å². The average molecular weight is 493 g/mol. The lowest BCUT2D eigenvalue weighted by Crippen LogP contribution is -2.09. The summed E-state index contributed by atoms with van der Waals surface area (Å²) in [6.07, 6.45) is -2.44. The van der Waals surface area contributed by atoms with E-state index in [4.69, 9.17) is 4.74 Å². The van der Waals surface area contributed by atoms with Gasteiger partial charge in [-0.1, -0.05) is 19.1 Å². The van der Waals surface area contributed by atoms with E-state index in [2.05, 4.69) is 21.7 Å². The first-order valence-corrected chi connectivity index (χ1v) is 11.7. The fraction of sp³-hybridized carbons (Fsp3) is 0.261. The van der Waals surface area contributed by atoms with Crippen molar-refractivity contribution in [2.75, 3.05) is 12.9 Å². The zero-order chi connectivity index (χ0) is 25.3. The van der Waals surface area contributed by atoms with Crippen LogP contribution in [-0.2, 0) is 16.9 Å². The Bertz CT molecular complexity index is 1360. The van der Waals surface area contributed by atoms with E-state index in [1.54, 1.807) is 45.3 Å². The van der Waals surface area contributed by atoms with Gasteiger partial charge in [0.15, 0.2) is 15.7 Å². The molecule has 11 heteroatoms. The maximum atomic E-state index is 13.2. The van der Waals surface area contributed by atoms with Crippen molar-refractivity contribution < 1.29 is 26.3 Å². The summed E-state index contributed by atoms with van der Waals surface area (Å²) in [5.41, 5.74) is 0.479. The lowest BCUT2D eigenvalue weighted by atomic mass is 10.1. The maximum absolute atomic E-state index is 13.2. The third-order valence-corrected chi connectivity index (χ3v) is 7.10. The summed E-state index contributed by atoms with van der Waals surface area (Å²) in [6.45, 7) is 6.05. The topological polar surface area (TPSA) is 86.4 Å². The molecule has 0 saturated heterocycles. The summed E-state index contributed by atoms with van der Waals surface area (Å²) in [5.74, 6) is 0.566. The smallest absolute Gasteiger partial charge is 0.433 e. The minimum atomic E-state index is -4.71. The van der Waals surface area contributed by atoms with Gasteiger partial charge in [0.25, 0.3) is 0 Å². The monoisotopic (exact) mass is 492 g/mol. The fourth-order valence-electron chi connectivity index (χ4n) is 3.24. The number of alkyl halides is 3. The van der Waals surface area contributed by atoms with Gasteiger partial charge < -0.3 is 9.30 Å². The van der Waals surface area contributed by atoms with Crippen molar-refractivity contribution in [3.63, 3.8) is 0 Å². The fourth-order valence-corrected chi connectivity index (χ4v) is 4.30. The Morgan fingerprint density at radius 1 is 1.24 bits per heavy atom. The number of ether oxygens (including phenoxy) is 1. The summed E-state index contributed by atoms with van der Waals surface area (Å²) >= 11 is 0. The number of aliphatic imine (C=N–C) groups is 1. The molecule has 2 heterocycles. The molecule has 7 nitrogen and oxygen atoms in total. The van der Waals surface area contributed by atoms with Gasteiger partial charge in [0.2, 0.25) is 0 Å². The Kier molecular flexibility index (Phi) is 6.97. The molecule has 0 spiro atoms. The number of allylic oxidation sites excluding steroid dienone is 1. The number of nitrogens with zero attached hydrogens (tertiary/aromatic N) is 4. The lowest BCUT2D eigenvalue weighted by molar-refractivity contribution is -0.0912. The zero-order valence-electron chi connectivity index (χ0n) is 19.0. The van der Waals surface area contributed by atoms with Gasteiger partial charge >= 0.3 is 6.18 Å². The van der Waals surface area contributed by atoms with E-state index >= 15 is 0 Å². The van der Waals surface area contributed by atoms with Crippen molar-refractivity contribution in [1.82, 2.24) is 14.5 Å². The van der Waals surface area contributed by atoms with Gasteiger partial charge in [-0.2, -0.15) is 13.2 Å². The molecule has 0 aliphatic rings. The lowest BCUT2D eigenvalue weighted by Gasteiger charge is -2.12. The molecule has 180 valence electrons. The molecule has 0 aliphatic carbocycles. The normalized spacial score (nSPS) is 12.6. The highest BCUT2D eigenvalue weighted by Gasteiger charge is 2.34. The Morgan fingerprint density at radius 2 is 1.88 bits per heavy atom. The predicted molar refractivity (Wildman–Crippen MR) is 124 cm³/mol. The van der Waals surface area contributed by atoms with Crippen molar-refractivity contribution in [2.45, 2.75) is 24.9 Å². The number of imidazole rings is 1. The van der Waals surface area contributed by atoms with Crippen molar-refractivity contribution in [1.29, 1.82) is 0 Å². The van der Waals surface area contributed by atoms with Crippen molar-refractivity contribution in [3.05, 3.63) is 53.6 Å². The van der Waals surface area contributed by atoms with E-state index in [0.29, 0.717) is 17.0 Å². The second-order valence-electron chi connectivity index (χ2n) is 7.35. The molecule has 34 heavy (non-hydrogen) atoms. The van der Waals surface area contributed by atoms with E-state index in [9.17, 15) is 21.6 Å². The van der Waals surface area contributed by atoms with Gasteiger partial charge in [-0.25, -0.2) is 13.4 Å². The molecular formula is C23H23F3N4O3S. The third-order valence-electron chi connectivity index (χ3n) is 5.36. The highest BCUT2D eigenvalue weighted by Crippen LogP contribution is 2.33. The number of methoxy groups -OCH3 is 1. The number of rotatable bonds is 7. The summed E-state index contributed by atoms with van der Waals surface area (Å²) in [5, 5.41) is 0. The van der Waals surface area contributed by atoms with Gasteiger partial charge in [0, 0.05) is 24.5 Å². The van der Waals surface area contributed by atoms with E-state index in [1.165, 1.54) is 23.8 Å². The maximum Gasteiger partial charge on any atom is 0.433 e. The summed E-state index contributed by atoms with van der Waals surface area (Å²) in [6, 6.07) is 8.52. The number of hydrogen-bond acceptors (Lipinski definition) is 6. The quantitative estimate of drug-likeness (QED) is 0.440. The van der Waals surface area contributed by atoms with E-state index in [0.717, 1.165) is 11.6 Å². The molecule has 1 aromatic carbocycles. The second-order valence-corrected chi connectivity index (χ2v) is 9.60. The van der Waals surface area contributed by atoms with Gasteiger partial charge in [0.1, 0.15) is 17.1 Å². The van der Waals surface area contributed by atoms with Gasteiger partial charge in [-0.15, -0.1) is 0 Å². The molecule has 0 saturated carbocycles. The summed E-state index contributed by atoms with van der Waals surface area (Å²) in [4.78, 5) is 11.6. The second kappa shape index (κ2) is 9.41. The van der Waals surface area contributed by atoms with Crippen LogP contribution in [0.25, 0.3) is 28.7 Å². The molecule has 0 atom stereocenters. The first kappa shape index (κ1) is 25.2. The number of hydrogen-bond donors (Lipinski definition) is 0. The molecular weight excluding hydrogens is 469 g/mol. The van der Waals surface area contributed by atoms with Crippen LogP contribution in [-0.4, -0.2) is 48.7 Å². The number of sulfone groups is 1. The number of benzene rings is 1. The molecule has 0 radical (unpaired) electrons. The van der Waals surface area contributed by atoms with Crippen LogP contribution < -0.4 is 4.74 Å². The van der Waals surface area contributed by atoms with Crippen LogP contribution in [0.1, 0.15) is 18.3 Å². The number of pyridine rings is 1. The zero-order valence-corrected chi connectivity index (χ0v) is 19.8. The molecule has 3 aromatic rings. The van der Waals surface area contributed by atoms with Crippen molar-refractivity contribution >= 4 is 22.6 Å². The van der Waals surface area contributed by atoms with Crippen LogP contribution in [0.4, 0.5) is 13.2 Å². The first-order chi connectivity index (χ1) is 15.9. The minimum Gasteiger partial charge on any atom is -0.497 e. The van der Waals surface area contributed by atoms with Gasteiger partial charge in [0.05, 0.1) is 23.5 Å². The Morgan fingerprint density at radius 3 is 2.41 bits per heavy atom. The van der Waals surface area contributed by atoms with E-state index < -0.39 is 21.7 Å². The average Bonchev–Trinajstić information content (AvgIpc) is 3.09. The summed E-state index contributed by atoms with van der Waals surface area (Å²) < 4.78 is 72.0. The summed E-state index contributed by atoms with van der Waals surface area (Å²) in [7, 11) is -0.642. The van der Waals surface area contributed by atoms with E-state index in [1.807, 2.05) is 0 Å². The van der Waals surface area contributed by atoms with Crippen molar-refractivity contribution in [2.24, 2.45) is 12.0 Å². The standard InChI is InChI=1S/C23H23F3N4O3S/c1-6-34(31,32)19-11-16(15-7-9-17(33-5)10-8-15)13-28-21(19)22-29-18(14(2)30(22)4)12-20(27-3)23(24,25)26/h7-13H,3,6H2,1-2,4-5H3/b20-12-. The minimum absolute atomic E-state index is 0.0156. The van der Waals surface area contributed by atoms with E-state index in [-0.39, 0.29) is 27.9 Å². The molecule has 0 fully saturated rings. The molecule has 0 aliphatic heterocycles. The molecule has 0 N–H and O–H groups in total. The molecule has 0 bridgehead atoms. The Labute approximate surface area is 195 Å². The van der Waals surface area contributed by atoms with Crippen LogP contribution >= 0.6 is 0 Å². The van der Waals surface area contributed by atoms with Gasteiger partial charge in [-0.3, -0.25) is 9.98 Å². The Hall–Kier alpha value is -3.47. The highest BCUT2D eigenvalue weighted by molar-refractivity contribution is 7.91. The SMILES string of the molecule is C=N/C(=C\c1nc(-c2ncc(-c3ccc(OC)cc3)cc2S(=O)(=O)CC)n(C)c1C)C(F)(F)F. The van der Waals surface area contributed by atoms with Crippen LogP contribution in [0.3, 0.4) is 0 Å². The van der Waals surface area contributed by atoms with Crippen LogP contribution in [0.2, 0.25) is 0 Å². The molecule has 3 rings (SSSR count). The van der Waals surface area contributed by atoms with Crippen molar-refractivity contribution in [3.8, 4) is 28.4 Å². The number of halogens is 3. The largest absolute Gasteiger partial charge is 0.497 e. The molecule has 0 unspecified atom stereocenters. The molecule has 2 aromatic heterocycles. The van der Waals surface area contributed by atoms with Crippen LogP contribution in [0, 0.1) is 6.92 Å². The first-order valence-electron chi connectivity index (χ1n) is 10.1. The predicted octanol–water partition coefficient (Wildman–Crippen LogP) is 4.86. The molecule has 0 amide bonds. The van der Waals surface area contributed by atoms with Crippen LogP contribution in [0.5, 0.6) is 5.75 Å². The third kappa shape index (κ3) is 4.89. The van der Waals surface area contributed by atoms with Crippen LogP contribution in [0.15, 0.2) is 52.1 Å². The highest BCUT2D eigenvalue weighted by atomic mass is 32.2.